The average molecular weight is 416 g/mol. The fraction of sp³-hybridized carbons (Fsp3) is 0.391. The van der Waals surface area contributed by atoms with Crippen LogP contribution in [0.2, 0.25) is 0 Å². The van der Waals surface area contributed by atoms with Crippen LogP contribution in [0, 0.1) is 0 Å². The van der Waals surface area contributed by atoms with Gasteiger partial charge in [-0.25, -0.2) is 9.59 Å². The summed E-state index contributed by atoms with van der Waals surface area (Å²) in [6.45, 7) is 7.86. The summed E-state index contributed by atoms with van der Waals surface area (Å²) in [5, 5.41) is 9.01. The highest BCUT2D eigenvalue weighted by molar-refractivity contribution is 5.71. The van der Waals surface area contributed by atoms with Gasteiger partial charge in [0.05, 0.1) is 13.2 Å². The van der Waals surface area contributed by atoms with Crippen LogP contribution in [0.5, 0.6) is 17.2 Å². The van der Waals surface area contributed by atoms with Crippen LogP contribution in [-0.2, 0) is 19.7 Å². The lowest BCUT2D eigenvalue weighted by atomic mass is 9.77. The Morgan fingerprint density at radius 2 is 1.53 bits per heavy atom. The third-order valence-corrected chi connectivity index (χ3v) is 4.53. The topological polar surface area (TPSA) is 91.3 Å². The summed E-state index contributed by atoms with van der Waals surface area (Å²) < 4.78 is 21.4. The molecule has 30 heavy (non-hydrogen) atoms. The van der Waals surface area contributed by atoms with Gasteiger partial charge in [0.2, 0.25) is 0 Å². The normalized spacial score (nSPS) is 10.9. The van der Waals surface area contributed by atoms with Gasteiger partial charge in [-0.05, 0) is 37.6 Å². The number of aliphatic carboxylic acids is 1. The van der Waals surface area contributed by atoms with Crippen molar-refractivity contribution < 1.29 is 33.6 Å². The highest BCUT2D eigenvalue weighted by Crippen LogP contribution is 2.39. The summed E-state index contributed by atoms with van der Waals surface area (Å²) in [5.41, 5.74) is 1.31. The van der Waals surface area contributed by atoms with Crippen LogP contribution < -0.4 is 14.2 Å². The first kappa shape index (κ1) is 23.1. The number of esters is 1. The molecule has 2 aromatic carbocycles. The Bertz CT molecular complexity index is 856. The molecule has 0 aliphatic heterocycles. The minimum Gasteiger partial charge on any atom is -0.494 e. The van der Waals surface area contributed by atoms with Gasteiger partial charge in [0, 0.05) is 17.0 Å². The van der Waals surface area contributed by atoms with Crippen molar-refractivity contribution in [3.05, 3.63) is 53.6 Å². The maximum absolute atomic E-state index is 11.4. The molecule has 1 N–H and O–H groups in total. The van der Waals surface area contributed by atoms with E-state index in [0.717, 1.165) is 11.1 Å². The number of hydrogen-bond donors (Lipinski definition) is 1. The van der Waals surface area contributed by atoms with Crippen molar-refractivity contribution in [3.63, 3.8) is 0 Å². The molecule has 0 aliphatic rings. The van der Waals surface area contributed by atoms with Gasteiger partial charge in [-0.3, -0.25) is 0 Å². The van der Waals surface area contributed by atoms with E-state index >= 15 is 0 Å². The molecule has 0 saturated heterocycles. The monoisotopic (exact) mass is 416 g/mol. The second-order valence-corrected chi connectivity index (χ2v) is 7.02. The Kier molecular flexibility index (Phi) is 8.09. The first-order valence-corrected chi connectivity index (χ1v) is 9.78. The van der Waals surface area contributed by atoms with E-state index in [1.165, 1.54) is 0 Å². The maximum Gasteiger partial charge on any atom is 0.344 e. The zero-order chi connectivity index (χ0) is 22.1. The SMILES string of the molecule is CCOC(=O)COc1ccc(C(C)(C)c2ccc(OCC)cc2OCC(=O)O)cc1. The van der Waals surface area contributed by atoms with Gasteiger partial charge in [-0.1, -0.05) is 32.0 Å². The van der Waals surface area contributed by atoms with Gasteiger partial charge in [-0.15, -0.1) is 0 Å². The predicted molar refractivity (Wildman–Crippen MR) is 111 cm³/mol. The van der Waals surface area contributed by atoms with Gasteiger partial charge in [0.1, 0.15) is 17.2 Å². The summed E-state index contributed by atoms with van der Waals surface area (Å²) in [5.74, 6) is 0.146. The molecule has 0 spiro atoms. The van der Waals surface area contributed by atoms with Crippen LogP contribution in [-0.4, -0.2) is 43.5 Å². The molecule has 7 nitrogen and oxygen atoms in total. The van der Waals surface area contributed by atoms with Crippen molar-refractivity contribution in [1.29, 1.82) is 0 Å². The molecule has 0 aromatic heterocycles. The van der Waals surface area contributed by atoms with E-state index < -0.39 is 24.0 Å². The lowest BCUT2D eigenvalue weighted by molar-refractivity contribution is -0.145. The number of ether oxygens (including phenoxy) is 4. The molecular weight excluding hydrogens is 388 g/mol. The quantitative estimate of drug-likeness (QED) is 0.557. The minimum absolute atomic E-state index is 0.150. The molecule has 7 heteroatoms. The first-order chi connectivity index (χ1) is 14.3. The van der Waals surface area contributed by atoms with Crippen molar-refractivity contribution >= 4 is 11.9 Å². The fourth-order valence-corrected chi connectivity index (χ4v) is 3.00. The van der Waals surface area contributed by atoms with E-state index in [2.05, 4.69) is 0 Å². The van der Waals surface area contributed by atoms with Crippen molar-refractivity contribution in [2.45, 2.75) is 33.1 Å². The van der Waals surface area contributed by atoms with Gasteiger partial charge >= 0.3 is 11.9 Å². The van der Waals surface area contributed by atoms with E-state index in [1.807, 2.05) is 45.0 Å². The Hall–Kier alpha value is -3.22. The number of benzene rings is 2. The summed E-state index contributed by atoms with van der Waals surface area (Å²) in [6.07, 6.45) is 0. The molecule has 0 fully saturated rings. The van der Waals surface area contributed by atoms with Crippen molar-refractivity contribution in [2.75, 3.05) is 26.4 Å². The molecule has 2 aromatic rings. The van der Waals surface area contributed by atoms with Crippen LogP contribution in [0.4, 0.5) is 0 Å². The number of carbonyl (C=O) groups excluding carboxylic acids is 1. The van der Waals surface area contributed by atoms with Gasteiger partial charge in [0.15, 0.2) is 13.2 Å². The Morgan fingerprint density at radius 3 is 2.13 bits per heavy atom. The van der Waals surface area contributed by atoms with Gasteiger partial charge in [0.25, 0.3) is 0 Å². The number of carboxylic acids is 1. The van der Waals surface area contributed by atoms with E-state index in [0.29, 0.717) is 30.5 Å². The number of rotatable bonds is 11. The third kappa shape index (κ3) is 6.14. The molecule has 0 bridgehead atoms. The number of carboxylic acid groups (broad SMARTS) is 1. The lowest BCUT2D eigenvalue weighted by Crippen LogP contribution is -2.21. The van der Waals surface area contributed by atoms with E-state index in [-0.39, 0.29) is 6.61 Å². The smallest absolute Gasteiger partial charge is 0.344 e. The Morgan fingerprint density at radius 1 is 0.867 bits per heavy atom. The molecule has 0 atom stereocenters. The van der Waals surface area contributed by atoms with Crippen LogP contribution in [0.1, 0.15) is 38.8 Å². The van der Waals surface area contributed by atoms with Crippen molar-refractivity contribution in [1.82, 2.24) is 0 Å². The maximum atomic E-state index is 11.4. The molecule has 162 valence electrons. The van der Waals surface area contributed by atoms with Crippen LogP contribution in [0.3, 0.4) is 0 Å². The number of hydrogen-bond acceptors (Lipinski definition) is 6. The third-order valence-electron chi connectivity index (χ3n) is 4.53. The molecule has 2 rings (SSSR count). The second-order valence-electron chi connectivity index (χ2n) is 7.02. The highest BCUT2D eigenvalue weighted by Gasteiger charge is 2.27. The van der Waals surface area contributed by atoms with Gasteiger partial charge < -0.3 is 24.1 Å². The van der Waals surface area contributed by atoms with Crippen molar-refractivity contribution in [3.8, 4) is 17.2 Å². The zero-order valence-corrected chi connectivity index (χ0v) is 17.8. The van der Waals surface area contributed by atoms with Crippen molar-refractivity contribution in [2.24, 2.45) is 0 Å². The van der Waals surface area contributed by atoms with E-state index in [1.54, 1.807) is 25.1 Å². The molecule has 0 amide bonds. The Labute approximate surface area is 176 Å². The summed E-state index contributed by atoms with van der Waals surface area (Å²) >= 11 is 0. The molecule has 0 unspecified atom stereocenters. The molecule has 0 radical (unpaired) electrons. The number of carbonyl (C=O) groups is 2. The van der Waals surface area contributed by atoms with Crippen LogP contribution in [0.25, 0.3) is 0 Å². The highest BCUT2D eigenvalue weighted by atomic mass is 16.6. The molecular formula is C23H28O7. The first-order valence-electron chi connectivity index (χ1n) is 9.78. The van der Waals surface area contributed by atoms with Gasteiger partial charge in [-0.2, -0.15) is 0 Å². The minimum atomic E-state index is -1.05. The summed E-state index contributed by atoms with van der Waals surface area (Å²) in [4.78, 5) is 22.4. The summed E-state index contributed by atoms with van der Waals surface area (Å²) in [7, 11) is 0. The molecule has 0 aliphatic carbocycles. The molecule has 0 heterocycles. The molecule has 0 saturated carbocycles. The van der Waals surface area contributed by atoms with Crippen LogP contribution >= 0.6 is 0 Å². The standard InChI is InChI=1S/C23H28O7/c1-5-27-18-11-12-19(20(13-18)30-14-21(24)25)23(3,4)16-7-9-17(10-8-16)29-15-22(26)28-6-2/h7-13H,5-6,14-15H2,1-4H3,(H,24,25). The van der Waals surface area contributed by atoms with E-state index in [9.17, 15) is 9.59 Å². The van der Waals surface area contributed by atoms with E-state index in [4.69, 9.17) is 24.1 Å². The van der Waals surface area contributed by atoms with Crippen LogP contribution in [0.15, 0.2) is 42.5 Å². The summed E-state index contributed by atoms with van der Waals surface area (Å²) in [6, 6.07) is 12.8. The largest absolute Gasteiger partial charge is 0.494 e. The second kappa shape index (κ2) is 10.5. The average Bonchev–Trinajstić information content (AvgIpc) is 2.71. The predicted octanol–water partition coefficient (Wildman–Crippen LogP) is 3.82. The zero-order valence-electron chi connectivity index (χ0n) is 17.8. The Balaban J connectivity index is 2.26. The lowest BCUT2D eigenvalue weighted by Gasteiger charge is -2.28. The fourth-order valence-electron chi connectivity index (χ4n) is 3.00.